The summed E-state index contributed by atoms with van der Waals surface area (Å²) in [5.41, 5.74) is 2.97. The zero-order chi connectivity index (χ0) is 20.8. The third kappa shape index (κ3) is 5.38. The van der Waals surface area contributed by atoms with Crippen LogP contribution < -0.4 is 15.5 Å². The minimum atomic E-state index is -0.369. The van der Waals surface area contributed by atoms with Crippen molar-refractivity contribution in [1.29, 1.82) is 0 Å². The zero-order valence-corrected chi connectivity index (χ0v) is 16.1. The maximum atomic E-state index is 12.9. The fraction of sp³-hybridized carbons (Fsp3) is 0.136. The number of pyridine rings is 1. The standard InChI is InChI=1S/C22H21FN4O2/c1-27(2)20-9-7-19(8-10-20)26-22(29)17-11-16(13-24-14-17)21(28)25-12-15-3-5-18(23)6-4-15/h3-11,13-14H,12H2,1-2H3,(H,25,28)(H,26,29). The van der Waals surface area contributed by atoms with Gasteiger partial charge in [-0.2, -0.15) is 0 Å². The summed E-state index contributed by atoms with van der Waals surface area (Å²) in [5.74, 6) is -1.06. The molecule has 6 nitrogen and oxygen atoms in total. The Hall–Kier alpha value is -3.74. The molecule has 1 aromatic heterocycles. The summed E-state index contributed by atoms with van der Waals surface area (Å²) in [6, 6.07) is 14.7. The van der Waals surface area contributed by atoms with Gasteiger partial charge in [0.1, 0.15) is 5.82 Å². The van der Waals surface area contributed by atoms with Crippen molar-refractivity contribution in [2.75, 3.05) is 24.3 Å². The first kappa shape index (κ1) is 20.0. The van der Waals surface area contributed by atoms with Crippen LogP contribution in [-0.4, -0.2) is 30.9 Å². The quantitative estimate of drug-likeness (QED) is 0.674. The molecule has 0 aliphatic carbocycles. The van der Waals surface area contributed by atoms with Gasteiger partial charge in [0.15, 0.2) is 0 Å². The van der Waals surface area contributed by atoms with Crippen molar-refractivity contribution in [3.05, 3.63) is 89.5 Å². The lowest BCUT2D eigenvalue weighted by Crippen LogP contribution is -2.23. The Kier molecular flexibility index (Phi) is 6.19. The van der Waals surface area contributed by atoms with Gasteiger partial charge < -0.3 is 15.5 Å². The molecule has 0 bridgehead atoms. The van der Waals surface area contributed by atoms with E-state index in [1.807, 2.05) is 31.1 Å². The summed E-state index contributed by atoms with van der Waals surface area (Å²) in [5, 5.41) is 5.52. The van der Waals surface area contributed by atoms with E-state index in [9.17, 15) is 14.0 Å². The number of anilines is 2. The molecule has 2 aromatic carbocycles. The lowest BCUT2D eigenvalue weighted by atomic mass is 10.1. The number of benzene rings is 2. The highest BCUT2D eigenvalue weighted by molar-refractivity contribution is 6.05. The molecular formula is C22H21FN4O2. The third-order valence-corrected chi connectivity index (χ3v) is 4.27. The number of hydrogen-bond acceptors (Lipinski definition) is 4. The molecule has 7 heteroatoms. The second-order valence-electron chi connectivity index (χ2n) is 6.67. The maximum Gasteiger partial charge on any atom is 0.257 e. The van der Waals surface area contributed by atoms with Gasteiger partial charge in [-0.05, 0) is 48.0 Å². The van der Waals surface area contributed by atoms with Gasteiger partial charge in [0.05, 0.1) is 11.1 Å². The summed E-state index contributed by atoms with van der Waals surface area (Å²) in [4.78, 5) is 30.8. The minimum absolute atomic E-state index is 0.244. The fourth-order valence-electron chi connectivity index (χ4n) is 2.62. The molecule has 0 fully saturated rings. The molecule has 0 aliphatic heterocycles. The lowest BCUT2D eigenvalue weighted by Gasteiger charge is -2.13. The number of carbonyl (C=O) groups is 2. The van der Waals surface area contributed by atoms with E-state index in [-0.39, 0.29) is 35.3 Å². The molecule has 0 saturated carbocycles. The van der Waals surface area contributed by atoms with Gasteiger partial charge in [0.2, 0.25) is 0 Å². The molecule has 3 aromatic rings. The molecule has 29 heavy (non-hydrogen) atoms. The van der Waals surface area contributed by atoms with E-state index in [0.29, 0.717) is 5.69 Å². The van der Waals surface area contributed by atoms with Crippen molar-refractivity contribution in [1.82, 2.24) is 10.3 Å². The first-order chi connectivity index (χ1) is 13.9. The molecule has 3 rings (SSSR count). The van der Waals surface area contributed by atoms with Crippen LogP contribution in [-0.2, 0) is 6.54 Å². The van der Waals surface area contributed by atoms with Gasteiger partial charge in [-0.15, -0.1) is 0 Å². The van der Waals surface area contributed by atoms with Crippen molar-refractivity contribution in [2.24, 2.45) is 0 Å². The Morgan fingerprint density at radius 2 is 1.55 bits per heavy atom. The van der Waals surface area contributed by atoms with Crippen molar-refractivity contribution >= 4 is 23.2 Å². The largest absolute Gasteiger partial charge is 0.378 e. The second-order valence-corrected chi connectivity index (χ2v) is 6.67. The Balaban J connectivity index is 1.63. The molecule has 0 saturated heterocycles. The van der Waals surface area contributed by atoms with E-state index in [1.54, 1.807) is 24.3 Å². The van der Waals surface area contributed by atoms with Crippen LogP contribution in [0.25, 0.3) is 0 Å². The SMILES string of the molecule is CN(C)c1ccc(NC(=O)c2cncc(C(=O)NCc3ccc(F)cc3)c2)cc1. The highest BCUT2D eigenvalue weighted by atomic mass is 19.1. The smallest absolute Gasteiger partial charge is 0.257 e. The van der Waals surface area contributed by atoms with E-state index in [0.717, 1.165) is 11.3 Å². The van der Waals surface area contributed by atoms with Crippen LogP contribution in [0.3, 0.4) is 0 Å². The normalized spacial score (nSPS) is 10.3. The Labute approximate surface area is 168 Å². The lowest BCUT2D eigenvalue weighted by molar-refractivity contribution is 0.0950. The number of nitrogens with zero attached hydrogens (tertiary/aromatic N) is 2. The van der Waals surface area contributed by atoms with Crippen molar-refractivity contribution in [3.63, 3.8) is 0 Å². The third-order valence-electron chi connectivity index (χ3n) is 4.27. The summed E-state index contributed by atoms with van der Waals surface area (Å²) >= 11 is 0. The second kappa shape index (κ2) is 8.97. The number of rotatable bonds is 6. The minimum Gasteiger partial charge on any atom is -0.378 e. The molecule has 0 aliphatic rings. The maximum absolute atomic E-state index is 12.9. The number of carbonyl (C=O) groups excluding carboxylic acids is 2. The monoisotopic (exact) mass is 392 g/mol. The van der Waals surface area contributed by atoms with Crippen molar-refractivity contribution in [2.45, 2.75) is 6.54 Å². The predicted molar refractivity (Wildman–Crippen MR) is 111 cm³/mol. The summed E-state index contributed by atoms with van der Waals surface area (Å²) in [6.07, 6.45) is 2.79. The van der Waals surface area contributed by atoms with E-state index in [4.69, 9.17) is 0 Å². The first-order valence-corrected chi connectivity index (χ1v) is 8.99. The summed E-state index contributed by atoms with van der Waals surface area (Å²) in [7, 11) is 3.87. The van der Waals surface area contributed by atoms with Gasteiger partial charge in [0.25, 0.3) is 11.8 Å². The number of halogens is 1. The number of nitrogens with one attached hydrogen (secondary N) is 2. The van der Waals surface area contributed by atoms with Crippen LogP contribution in [0.5, 0.6) is 0 Å². The average molecular weight is 392 g/mol. The number of amides is 2. The van der Waals surface area contributed by atoms with Crippen LogP contribution in [0.15, 0.2) is 67.0 Å². The zero-order valence-electron chi connectivity index (χ0n) is 16.1. The highest BCUT2D eigenvalue weighted by Crippen LogP contribution is 2.16. The van der Waals surface area contributed by atoms with E-state index < -0.39 is 0 Å². The fourth-order valence-corrected chi connectivity index (χ4v) is 2.62. The summed E-state index contributed by atoms with van der Waals surface area (Å²) < 4.78 is 12.9. The van der Waals surface area contributed by atoms with Gasteiger partial charge in [-0.3, -0.25) is 14.6 Å². The van der Waals surface area contributed by atoms with Crippen LogP contribution in [0.2, 0.25) is 0 Å². The van der Waals surface area contributed by atoms with Crippen LogP contribution in [0.4, 0.5) is 15.8 Å². The topological polar surface area (TPSA) is 74.3 Å². The average Bonchev–Trinajstić information content (AvgIpc) is 2.73. The predicted octanol–water partition coefficient (Wildman–Crippen LogP) is 3.47. The Morgan fingerprint density at radius 3 is 2.17 bits per heavy atom. The van der Waals surface area contributed by atoms with Crippen molar-refractivity contribution < 1.29 is 14.0 Å². The van der Waals surface area contributed by atoms with Gasteiger partial charge in [-0.1, -0.05) is 12.1 Å². The van der Waals surface area contributed by atoms with E-state index in [2.05, 4.69) is 15.6 Å². The number of aromatic nitrogens is 1. The molecule has 2 amide bonds. The van der Waals surface area contributed by atoms with Gasteiger partial charge >= 0.3 is 0 Å². The Morgan fingerprint density at radius 1 is 0.931 bits per heavy atom. The molecule has 1 heterocycles. The molecule has 0 unspecified atom stereocenters. The molecule has 0 radical (unpaired) electrons. The van der Waals surface area contributed by atoms with Crippen LogP contribution in [0.1, 0.15) is 26.3 Å². The molecule has 2 N–H and O–H groups in total. The molecule has 0 atom stereocenters. The van der Waals surface area contributed by atoms with Crippen LogP contribution >= 0.6 is 0 Å². The Bertz CT molecular complexity index is 1000. The molecular weight excluding hydrogens is 371 g/mol. The molecule has 0 spiro atoms. The molecule has 148 valence electrons. The first-order valence-electron chi connectivity index (χ1n) is 8.99. The highest BCUT2D eigenvalue weighted by Gasteiger charge is 2.12. The summed E-state index contributed by atoms with van der Waals surface area (Å²) in [6.45, 7) is 0.244. The van der Waals surface area contributed by atoms with Gasteiger partial charge in [-0.25, -0.2) is 4.39 Å². The van der Waals surface area contributed by atoms with Crippen molar-refractivity contribution in [3.8, 4) is 0 Å². The van der Waals surface area contributed by atoms with Crippen LogP contribution in [0, 0.1) is 5.82 Å². The van der Waals surface area contributed by atoms with E-state index in [1.165, 1.54) is 30.6 Å². The van der Waals surface area contributed by atoms with Gasteiger partial charge in [0, 0.05) is 44.4 Å². The van der Waals surface area contributed by atoms with E-state index >= 15 is 0 Å². The number of hydrogen-bond donors (Lipinski definition) is 2.